The Hall–Kier alpha value is -1.10. The van der Waals surface area contributed by atoms with Crippen molar-refractivity contribution in [2.24, 2.45) is 5.41 Å². The van der Waals surface area contributed by atoms with E-state index in [1.54, 1.807) is 13.0 Å². The first-order chi connectivity index (χ1) is 10.1. The minimum Gasteiger partial charge on any atom is -0.465 e. The summed E-state index contributed by atoms with van der Waals surface area (Å²) in [6.45, 7) is 3.96. The van der Waals surface area contributed by atoms with Gasteiger partial charge in [-0.2, -0.15) is 0 Å². The van der Waals surface area contributed by atoms with Crippen molar-refractivity contribution in [1.82, 2.24) is 0 Å². The average Bonchev–Trinajstić information content (AvgIpc) is 2.46. The van der Waals surface area contributed by atoms with Crippen LogP contribution in [-0.2, 0) is 19.1 Å². The highest BCUT2D eigenvalue weighted by atomic mass is 32.2. The van der Waals surface area contributed by atoms with Crippen molar-refractivity contribution >= 4 is 28.6 Å². The molecule has 1 aliphatic rings. The summed E-state index contributed by atoms with van der Waals surface area (Å²) >= 11 is 1.25. The van der Waals surface area contributed by atoms with Crippen molar-refractivity contribution in [2.75, 3.05) is 12.4 Å². The van der Waals surface area contributed by atoms with E-state index in [1.807, 2.05) is 6.92 Å². The van der Waals surface area contributed by atoms with Gasteiger partial charge in [0.25, 0.3) is 0 Å². The lowest BCUT2D eigenvalue weighted by Gasteiger charge is -2.33. The van der Waals surface area contributed by atoms with Crippen LogP contribution < -0.4 is 0 Å². The summed E-state index contributed by atoms with van der Waals surface area (Å²) in [7, 11) is 0. The van der Waals surface area contributed by atoms with Gasteiger partial charge >= 0.3 is 5.97 Å². The first-order valence-electron chi connectivity index (χ1n) is 7.60. The third kappa shape index (κ3) is 4.99. The van der Waals surface area contributed by atoms with E-state index in [4.69, 9.17) is 4.74 Å². The lowest BCUT2D eigenvalue weighted by molar-refractivity contribution is -0.162. The van der Waals surface area contributed by atoms with Crippen LogP contribution in [0.1, 0.15) is 52.4 Å². The zero-order chi connectivity index (χ0) is 15.7. The lowest BCUT2D eigenvalue weighted by Crippen LogP contribution is -2.42. The van der Waals surface area contributed by atoms with Gasteiger partial charge in [-0.1, -0.05) is 31.2 Å². The first kappa shape index (κ1) is 18.0. The van der Waals surface area contributed by atoms with Gasteiger partial charge in [0.05, 0.1) is 6.61 Å². The molecule has 21 heavy (non-hydrogen) atoms. The Bertz CT molecular complexity index is 417. The zero-order valence-electron chi connectivity index (χ0n) is 12.9. The fraction of sp³-hybridized carbons (Fsp3) is 0.688. The van der Waals surface area contributed by atoms with Crippen molar-refractivity contribution in [3.8, 4) is 0 Å². The number of hydrogen-bond acceptors (Lipinski definition) is 5. The molecular formula is C16H24O4S. The zero-order valence-corrected chi connectivity index (χ0v) is 13.7. The highest BCUT2D eigenvalue weighted by Gasteiger charge is 2.46. The second-order valence-electron chi connectivity index (χ2n) is 5.13. The number of rotatable bonds is 7. The molecule has 0 aromatic heterocycles. The number of carbonyl (C=O) groups is 3. The number of esters is 1. The Morgan fingerprint density at radius 3 is 2.71 bits per heavy atom. The maximum Gasteiger partial charge on any atom is 0.319 e. The van der Waals surface area contributed by atoms with Gasteiger partial charge in [-0.25, -0.2) is 0 Å². The van der Waals surface area contributed by atoms with Crippen LogP contribution in [0, 0.1) is 5.41 Å². The predicted molar refractivity (Wildman–Crippen MR) is 84.1 cm³/mol. The largest absolute Gasteiger partial charge is 0.465 e. The highest BCUT2D eigenvalue weighted by molar-refractivity contribution is 8.14. The molecule has 0 saturated heterocycles. The van der Waals surface area contributed by atoms with Crippen molar-refractivity contribution < 1.29 is 19.1 Å². The van der Waals surface area contributed by atoms with E-state index in [0.717, 1.165) is 18.6 Å². The van der Waals surface area contributed by atoms with Crippen LogP contribution in [0.25, 0.3) is 0 Å². The molecule has 5 heteroatoms. The van der Waals surface area contributed by atoms with Crippen molar-refractivity contribution in [3.63, 3.8) is 0 Å². The normalized spacial score (nSPS) is 22.5. The molecule has 1 atom stereocenters. The topological polar surface area (TPSA) is 60.4 Å². The van der Waals surface area contributed by atoms with Gasteiger partial charge in [-0.15, -0.1) is 0 Å². The minimum absolute atomic E-state index is 0.00476. The van der Waals surface area contributed by atoms with Crippen LogP contribution in [0.2, 0.25) is 0 Å². The molecule has 118 valence electrons. The number of thioether (sulfide) groups is 1. The molecule has 0 N–H and O–H groups in total. The van der Waals surface area contributed by atoms with Crippen LogP contribution in [-0.4, -0.2) is 29.2 Å². The Labute approximate surface area is 130 Å². The Balaban J connectivity index is 2.68. The van der Waals surface area contributed by atoms with Crippen LogP contribution in [0.3, 0.4) is 0 Å². The molecule has 0 radical (unpaired) electrons. The van der Waals surface area contributed by atoms with Crippen LogP contribution in [0.4, 0.5) is 0 Å². The van der Waals surface area contributed by atoms with Gasteiger partial charge in [0.15, 0.2) is 0 Å². The van der Waals surface area contributed by atoms with Crippen molar-refractivity contribution in [3.05, 3.63) is 12.2 Å². The van der Waals surface area contributed by atoms with E-state index in [0.29, 0.717) is 25.7 Å². The van der Waals surface area contributed by atoms with Gasteiger partial charge in [0.2, 0.25) is 5.12 Å². The Morgan fingerprint density at radius 2 is 2.10 bits per heavy atom. The molecular weight excluding hydrogens is 288 g/mol. The van der Waals surface area contributed by atoms with E-state index in [9.17, 15) is 14.4 Å². The molecule has 0 bridgehead atoms. The molecule has 0 spiro atoms. The van der Waals surface area contributed by atoms with E-state index in [1.165, 1.54) is 17.8 Å². The smallest absolute Gasteiger partial charge is 0.319 e. The second kappa shape index (κ2) is 9.03. The number of ether oxygens (including phenoxy) is 1. The number of hydrogen-bond donors (Lipinski definition) is 0. The van der Waals surface area contributed by atoms with Gasteiger partial charge in [-0.05, 0) is 44.4 Å². The fourth-order valence-corrected chi connectivity index (χ4v) is 3.12. The number of carbonyl (C=O) groups excluding carboxylic acids is 3. The second-order valence-corrected chi connectivity index (χ2v) is 6.39. The predicted octanol–water partition coefficient (Wildman–Crippen LogP) is 3.30. The molecule has 1 rings (SSSR count). The quantitative estimate of drug-likeness (QED) is 0.410. The maximum atomic E-state index is 12.3. The summed E-state index contributed by atoms with van der Waals surface area (Å²) in [5.74, 6) is 0.348. The van der Waals surface area contributed by atoms with E-state index in [2.05, 4.69) is 0 Å². The van der Waals surface area contributed by atoms with E-state index in [-0.39, 0.29) is 17.5 Å². The molecule has 0 aliphatic heterocycles. The molecule has 0 aromatic rings. The third-order valence-electron chi connectivity index (χ3n) is 3.74. The SMILES string of the molecule is CCOC(=O)C1(CC/C=C/C(=O)SCC)CCCCC1=O. The van der Waals surface area contributed by atoms with Gasteiger partial charge in [-0.3, -0.25) is 14.4 Å². The molecule has 0 aromatic carbocycles. The van der Waals surface area contributed by atoms with E-state index >= 15 is 0 Å². The summed E-state index contributed by atoms with van der Waals surface area (Å²) in [5, 5.41) is 0.0117. The van der Waals surface area contributed by atoms with Crippen LogP contribution in [0.15, 0.2) is 12.2 Å². The summed E-state index contributed by atoms with van der Waals surface area (Å²) in [5.41, 5.74) is -0.987. The van der Waals surface area contributed by atoms with Crippen LogP contribution in [0.5, 0.6) is 0 Å². The number of allylic oxidation sites excluding steroid dienone is 1. The number of Topliss-reactive ketones (excluding diaryl/α,β-unsaturated/α-hetero) is 1. The van der Waals surface area contributed by atoms with E-state index < -0.39 is 11.4 Å². The standard InChI is InChI=1S/C16H24O4S/c1-3-20-15(19)16(11-7-5-9-13(16)17)12-8-6-10-14(18)21-4-2/h6,10H,3-5,7-9,11-12H2,1-2H3/b10-6+. The minimum atomic E-state index is -0.987. The molecule has 4 nitrogen and oxygen atoms in total. The summed E-state index contributed by atoms with van der Waals surface area (Å²) in [4.78, 5) is 35.9. The molecule has 1 unspecified atom stereocenters. The van der Waals surface area contributed by atoms with Gasteiger partial charge < -0.3 is 4.74 Å². The third-order valence-corrected chi connectivity index (χ3v) is 4.44. The monoisotopic (exact) mass is 312 g/mol. The lowest BCUT2D eigenvalue weighted by atomic mass is 9.70. The molecule has 1 fully saturated rings. The fourth-order valence-electron chi connectivity index (χ4n) is 2.64. The molecule has 0 heterocycles. The summed E-state index contributed by atoms with van der Waals surface area (Å²) in [6.07, 6.45) is 7.00. The molecule has 1 saturated carbocycles. The number of ketones is 1. The highest BCUT2D eigenvalue weighted by Crippen LogP contribution is 2.39. The Kier molecular flexibility index (Phi) is 7.72. The summed E-state index contributed by atoms with van der Waals surface area (Å²) < 4.78 is 5.12. The maximum absolute atomic E-state index is 12.3. The summed E-state index contributed by atoms with van der Waals surface area (Å²) in [6, 6.07) is 0. The van der Waals surface area contributed by atoms with Crippen LogP contribution >= 0.6 is 11.8 Å². The Morgan fingerprint density at radius 1 is 1.33 bits per heavy atom. The van der Waals surface area contributed by atoms with Crippen molar-refractivity contribution in [1.29, 1.82) is 0 Å². The van der Waals surface area contributed by atoms with Gasteiger partial charge in [0.1, 0.15) is 11.2 Å². The molecule has 1 aliphatic carbocycles. The first-order valence-corrected chi connectivity index (χ1v) is 8.59. The average molecular weight is 312 g/mol. The van der Waals surface area contributed by atoms with Gasteiger partial charge in [0, 0.05) is 6.42 Å². The molecule has 0 amide bonds. The van der Waals surface area contributed by atoms with Crippen molar-refractivity contribution in [2.45, 2.75) is 52.4 Å².